The van der Waals surface area contributed by atoms with Gasteiger partial charge in [-0.2, -0.15) is 0 Å². The van der Waals surface area contributed by atoms with Crippen molar-refractivity contribution in [2.24, 2.45) is 0 Å². The molecule has 0 unspecified atom stereocenters. The van der Waals surface area contributed by atoms with Crippen LogP contribution in [0.2, 0.25) is 0 Å². The predicted molar refractivity (Wildman–Crippen MR) is 134 cm³/mol. The number of thiophene rings is 1. The van der Waals surface area contributed by atoms with Gasteiger partial charge in [0.2, 0.25) is 5.56 Å². The highest BCUT2D eigenvalue weighted by Gasteiger charge is 2.20. The van der Waals surface area contributed by atoms with E-state index < -0.39 is 32.9 Å². The summed E-state index contributed by atoms with van der Waals surface area (Å²) < 4.78 is 41.4. The zero-order valence-corrected chi connectivity index (χ0v) is 20.1. The van der Waals surface area contributed by atoms with Gasteiger partial charge in [0.1, 0.15) is 10.0 Å². The predicted octanol–water partition coefficient (Wildman–Crippen LogP) is 3.62. The first-order valence-corrected chi connectivity index (χ1v) is 12.5. The number of aromatic amines is 1. The second-order valence-corrected chi connectivity index (χ2v) is 10.7. The molecule has 0 aliphatic rings. The Balaban J connectivity index is 1.65. The third kappa shape index (κ3) is 5.08. The molecule has 2 aromatic heterocycles. The maximum absolute atomic E-state index is 15.0. The van der Waals surface area contributed by atoms with E-state index in [0.29, 0.717) is 5.69 Å². The number of benzene rings is 2. The van der Waals surface area contributed by atoms with Crippen LogP contribution in [0.4, 0.5) is 20.6 Å². The zero-order valence-electron chi connectivity index (χ0n) is 18.4. The quantitative estimate of drug-likeness (QED) is 0.321. The van der Waals surface area contributed by atoms with Gasteiger partial charge in [0.25, 0.3) is 10.0 Å². The summed E-state index contributed by atoms with van der Waals surface area (Å²) in [5.41, 5.74) is -0.560. The molecule has 0 bridgehead atoms. The largest absolute Gasteiger partial charge is 0.388 e. The highest BCUT2D eigenvalue weighted by atomic mass is 32.2. The molecule has 9 nitrogen and oxygen atoms in total. The third-order valence-electron chi connectivity index (χ3n) is 5.06. The summed E-state index contributed by atoms with van der Waals surface area (Å²) in [6, 6.07) is 11.1. The molecule has 2 heterocycles. The number of hydrogen-bond acceptors (Lipinski definition) is 7. The zero-order chi connectivity index (χ0) is 25.3. The number of urea groups is 1. The molecule has 0 aliphatic heterocycles. The number of hydrogen-bond donors (Lipinski definition) is 4. The summed E-state index contributed by atoms with van der Waals surface area (Å²) in [5.74, 6) is -0.887. The SMILES string of the molecule is CNc1ccc2c(=O)c(-c3ccc(NC(=O)NS(=O)(=O)c4ccc(C)s4)cc3F)cc(=O)[nH]c2c1. The van der Waals surface area contributed by atoms with Gasteiger partial charge in [-0.15, -0.1) is 11.3 Å². The van der Waals surface area contributed by atoms with Crippen LogP contribution in [0, 0.1) is 12.7 Å². The minimum atomic E-state index is -4.09. The number of amides is 2. The summed E-state index contributed by atoms with van der Waals surface area (Å²) in [6.45, 7) is 1.73. The lowest BCUT2D eigenvalue weighted by Gasteiger charge is -2.09. The highest BCUT2D eigenvalue weighted by Crippen LogP contribution is 2.24. The summed E-state index contributed by atoms with van der Waals surface area (Å²) in [6.07, 6.45) is 0. The van der Waals surface area contributed by atoms with Crippen molar-refractivity contribution in [3.05, 3.63) is 85.9 Å². The van der Waals surface area contributed by atoms with E-state index in [1.807, 2.05) is 4.72 Å². The maximum Gasteiger partial charge on any atom is 0.333 e. The number of H-pyrrole nitrogens is 1. The Kier molecular flexibility index (Phi) is 6.41. The van der Waals surface area contributed by atoms with E-state index in [0.717, 1.165) is 28.3 Å². The molecule has 0 atom stereocenters. The second kappa shape index (κ2) is 9.31. The lowest BCUT2D eigenvalue weighted by Crippen LogP contribution is -2.34. The number of carbonyl (C=O) groups is 1. The topological polar surface area (TPSA) is 137 Å². The van der Waals surface area contributed by atoms with Crippen molar-refractivity contribution in [1.82, 2.24) is 9.71 Å². The van der Waals surface area contributed by atoms with Crippen LogP contribution < -0.4 is 26.3 Å². The number of aromatic nitrogens is 1. The molecule has 0 aliphatic carbocycles. The van der Waals surface area contributed by atoms with Gasteiger partial charge in [-0.3, -0.25) is 9.59 Å². The van der Waals surface area contributed by atoms with Crippen molar-refractivity contribution in [3.8, 4) is 11.1 Å². The molecular weight excluding hydrogens is 495 g/mol. The van der Waals surface area contributed by atoms with Gasteiger partial charge in [0, 0.05) is 45.9 Å². The summed E-state index contributed by atoms with van der Waals surface area (Å²) in [5, 5.41) is 5.35. The van der Waals surface area contributed by atoms with E-state index in [1.165, 1.54) is 24.3 Å². The summed E-state index contributed by atoms with van der Waals surface area (Å²) in [4.78, 5) is 41.0. The molecule has 180 valence electrons. The van der Waals surface area contributed by atoms with Crippen molar-refractivity contribution >= 4 is 49.7 Å². The van der Waals surface area contributed by atoms with Crippen LogP contribution in [-0.4, -0.2) is 26.5 Å². The Bertz CT molecular complexity index is 1700. The number of nitrogens with one attached hydrogen (secondary N) is 4. The van der Waals surface area contributed by atoms with E-state index in [-0.39, 0.29) is 31.9 Å². The molecule has 0 spiro atoms. The van der Waals surface area contributed by atoms with Crippen molar-refractivity contribution in [1.29, 1.82) is 0 Å². The smallest absolute Gasteiger partial charge is 0.333 e. The Morgan fingerprint density at radius 1 is 0.971 bits per heavy atom. The van der Waals surface area contributed by atoms with Crippen LogP contribution in [0.3, 0.4) is 0 Å². The summed E-state index contributed by atoms with van der Waals surface area (Å²) >= 11 is 0.998. The molecule has 4 aromatic rings. The number of aryl methyl sites for hydroxylation is 1. The van der Waals surface area contributed by atoms with Crippen molar-refractivity contribution in [3.63, 3.8) is 0 Å². The standard InChI is InChI=1S/C23H19FN4O5S2/c1-12-3-8-21(34-12)35(32,33)28-23(31)26-14-5-6-15(18(24)9-14)17-11-20(29)27-19-10-13(25-2)4-7-16(19)22(17)30/h3-11,25H,1-2H3,(H,27,29)(H2,26,28,31). The molecular formula is C23H19FN4O5S2. The number of rotatable bonds is 5. The van der Waals surface area contributed by atoms with Gasteiger partial charge in [-0.25, -0.2) is 22.3 Å². The number of anilines is 2. The van der Waals surface area contributed by atoms with Crippen LogP contribution in [-0.2, 0) is 10.0 Å². The average Bonchev–Trinajstić information content (AvgIpc) is 3.19. The van der Waals surface area contributed by atoms with Gasteiger partial charge in [-0.1, -0.05) is 0 Å². The van der Waals surface area contributed by atoms with Gasteiger partial charge in [0.05, 0.1) is 5.52 Å². The molecule has 0 fully saturated rings. The molecule has 0 radical (unpaired) electrons. The fraction of sp³-hybridized carbons (Fsp3) is 0.0870. The van der Waals surface area contributed by atoms with E-state index in [9.17, 15) is 27.2 Å². The van der Waals surface area contributed by atoms with E-state index in [2.05, 4.69) is 15.6 Å². The lowest BCUT2D eigenvalue weighted by atomic mass is 10.0. The third-order valence-corrected chi connectivity index (χ3v) is 7.88. The maximum atomic E-state index is 15.0. The van der Waals surface area contributed by atoms with Crippen LogP contribution in [0.25, 0.3) is 22.0 Å². The second-order valence-electron chi connectivity index (χ2n) is 7.51. The Morgan fingerprint density at radius 3 is 2.37 bits per heavy atom. The van der Waals surface area contributed by atoms with Crippen LogP contribution in [0.5, 0.6) is 0 Å². The minimum absolute atomic E-state index is 0.0362. The van der Waals surface area contributed by atoms with Crippen molar-refractivity contribution < 1.29 is 17.6 Å². The number of sulfonamides is 1. The molecule has 4 N–H and O–H groups in total. The minimum Gasteiger partial charge on any atom is -0.388 e. The Hall–Kier alpha value is -4.03. The number of halogens is 1. The fourth-order valence-corrected chi connectivity index (χ4v) is 5.60. The van der Waals surface area contributed by atoms with Gasteiger partial charge in [0.15, 0.2) is 5.43 Å². The average molecular weight is 515 g/mol. The van der Waals surface area contributed by atoms with Gasteiger partial charge < -0.3 is 15.6 Å². The van der Waals surface area contributed by atoms with E-state index in [1.54, 1.807) is 32.2 Å². The molecule has 2 aromatic carbocycles. The van der Waals surface area contributed by atoms with Gasteiger partial charge >= 0.3 is 6.03 Å². The van der Waals surface area contributed by atoms with E-state index >= 15 is 0 Å². The van der Waals surface area contributed by atoms with Crippen LogP contribution in [0.1, 0.15) is 4.88 Å². The van der Waals surface area contributed by atoms with Crippen LogP contribution in [0.15, 0.2) is 68.4 Å². The first-order chi connectivity index (χ1) is 16.6. The first kappa shape index (κ1) is 24.1. The number of fused-ring (bicyclic) bond motifs is 1. The molecule has 35 heavy (non-hydrogen) atoms. The molecule has 0 saturated heterocycles. The first-order valence-electron chi connectivity index (χ1n) is 10.2. The van der Waals surface area contributed by atoms with Gasteiger partial charge in [-0.05, 0) is 55.5 Å². The molecule has 4 rings (SSSR count). The molecule has 0 saturated carbocycles. The van der Waals surface area contributed by atoms with Crippen LogP contribution >= 0.6 is 11.3 Å². The Morgan fingerprint density at radius 2 is 1.71 bits per heavy atom. The summed E-state index contributed by atoms with van der Waals surface area (Å²) in [7, 11) is -2.40. The monoisotopic (exact) mass is 514 g/mol. The molecule has 12 heteroatoms. The number of carbonyl (C=O) groups excluding carboxylic acids is 1. The molecule has 2 amide bonds. The normalized spacial score (nSPS) is 11.3. The van der Waals surface area contributed by atoms with Crippen molar-refractivity contribution in [2.75, 3.05) is 17.7 Å². The van der Waals surface area contributed by atoms with Crippen molar-refractivity contribution in [2.45, 2.75) is 11.1 Å². The lowest BCUT2D eigenvalue weighted by molar-refractivity contribution is 0.256. The van der Waals surface area contributed by atoms with E-state index in [4.69, 9.17) is 0 Å². The Labute approximate surface area is 202 Å². The highest BCUT2D eigenvalue weighted by molar-refractivity contribution is 7.92. The fourth-order valence-electron chi connectivity index (χ4n) is 3.41.